The Kier molecular flexibility index (Phi) is 3.43. The number of carbonyl (C=O) groups is 1. The third-order valence-electron chi connectivity index (χ3n) is 3.00. The van der Waals surface area contributed by atoms with Crippen LogP contribution in [0.2, 0.25) is 0 Å². The van der Waals surface area contributed by atoms with Crippen LogP contribution in [0.25, 0.3) is 20.2 Å². The molecular formula is C17H10O3S. The highest BCUT2D eigenvalue weighted by atomic mass is 32.1. The van der Waals surface area contributed by atoms with Gasteiger partial charge in [0.2, 0.25) is 0 Å². The molecule has 0 saturated carbocycles. The van der Waals surface area contributed by atoms with Crippen molar-refractivity contribution in [2.75, 3.05) is 0 Å². The van der Waals surface area contributed by atoms with E-state index >= 15 is 0 Å². The van der Waals surface area contributed by atoms with Crippen LogP contribution in [0.4, 0.5) is 0 Å². The standard InChI is InChI=1S/C17H10O3S/c1-2-6-15(18)20-13-9-5-8-12-16(19)11-7-3-4-10-14(11)21-17(12)13/h3-5,7-10H,1H3. The van der Waals surface area contributed by atoms with Crippen molar-refractivity contribution < 1.29 is 9.53 Å². The second-order valence-electron chi connectivity index (χ2n) is 4.32. The molecule has 0 fully saturated rings. The molecule has 0 amide bonds. The highest BCUT2D eigenvalue weighted by Crippen LogP contribution is 2.31. The molecule has 0 atom stereocenters. The third kappa shape index (κ3) is 2.39. The Hall–Kier alpha value is -2.64. The molecular weight excluding hydrogens is 284 g/mol. The van der Waals surface area contributed by atoms with Gasteiger partial charge in [-0.2, -0.15) is 0 Å². The van der Waals surface area contributed by atoms with E-state index in [1.165, 1.54) is 11.3 Å². The highest BCUT2D eigenvalue weighted by molar-refractivity contribution is 7.24. The Morgan fingerprint density at radius 1 is 1.10 bits per heavy atom. The molecule has 0 spiro atoms. The van der Waals surface area contributed by atoms with Crippen LogP contribution in [-0.2, 0) is 4.79 Å². The lowest BCUT2D eigenvalue weighted by molar-refractivity contribution is -0.127. The number of carbonyl (C=O) groups excluding carboxylic acids is 1. The average Bonchev–Trinajstić information content (AvgIpc) is 2.49. The number of hydrogen-bond acceptors (Lipinski definition) is 4. The molecule has 0 unspecified atom stereocenters. The SMILES string of the molecule is CC#CC(=O)Oc1cccc2c(=O)c3ccccc3sc12. The predicted molar refractivity (Wildman–Crippen MR) is 84.7 cm³/mol. The van der Waals surface area contributed by atoms with E-state index in [0.717, 1.165) is 4.70 Å². The molecule has 2 aromatic carbocycles. The highest BCUT2D eigenvalue weighted by Gasteiger charge is 2.11. The van der Waals surface area contributed by atoms with Crippen molar-refractivity contribution >= 4 is 37.5 Å². The predicted octanol–water partition coefficient (Wildman–Crippen LogP) is 3.34. The summed E-state index contributed by atoms with van der Waals surface area (Å²) >= 11 is 1.43. The Bertz CT molecular complexity index is 974. The largest absolute Gasteiger partial charge is 0.415 e. The van der Waals surface area contributed by atoms with Gasteiger partial charge < -0.3 is 4.74 Å². The van der Waals surface area contributed by atoms with Crippen LogP contribution >= 0.6 is 11.3 Å². The summed E-state index contributed by atoms with van der Waals surface area (Å²) in [6.45, 7) is 1.57. The van der Waals surface area contributed by atoms with E-state index in [1.807, 2.05) is 18.2 Å². The van der Waals surface area contributed by atoms with Gasteiger partial charge in [-0.15, -0.1) is 11.3 Å². The molecule has 21 heavy (non-hydrogen) atoms. The molecule has 102 valence electrons. The van der Waals surface area contributed by atoms with Crippen molar-refractivity contribution in [3.63, 3.8) is 0 Å². The van der Waals surface area contributed by atoms with E-state index in [0.29, 0.717) is 21.2 Å². The topological polar surface area (TPSA) is 43.4 Å². The molecule has 0 aliphatic carbocycles. The van der Waals surface area contributed by atoms with Crippen LogP contribution in [-0.4, -0.2) is 5.97 Å². The molecule has 0 radical (unpaired) electrons. The Morgan fingerprint density at radius 3 is 2.67 bits per heavy atom. The summed E-state index contributed by atoms with van der Waals surface area (Å²) in [6.07, 6.45) is 0. The normalized spacial score (nSPS) is 10.1. The first-order chi connectivity index (χ1) is 10.2. The monoisotopic (exact) mass is 294 g/mol. The fourth-order valence-electron chi connectivity index (χ4n) is 2.11. The first-order valence-electron chi connectivity index (χ1n) is 6.30. The fourth-order valence-corrected chi connectivity index (χ4v) is 3.22. The van der Waals surface area contributed by atoms with E-state index in [9.17, 15) is 9.59 Å². The maximum atomic E-state index is 12.5. The van der Waals surface area contributed by atoms with Crippen LogP contribution in [0.3, 0.4) is 0 Å². The second kappa shape index (κ2) is 5.39. The van der Waals surface area contributed by atoms with Gasteiger partial charge in [0.1, 0.15) is 5.75 Å². The van der Waals surface area contributed by atoms with E-state index < -0.39 is 5.97 Å². The van der Waals surface area contributed by atoms with E-state index in [1.54, 1.807) is 31.2 Å². The lowest BCUT2D eigenvalue weighted by atomic mass is 10.2. The minimum Gasteiger partial charge on any atom is -0.415 e. The van der Waals surface area contributed by atoms with Gasteiger partial charge in [-0.3, -0.25) is 4.79 Å². The van der Waals surface area contributed by atoms with Gasteiger partial charge in [0.15, 0.2) is 5.43 Å². The summed E-state index contributed by atoms with van der Waals surface area (Å²) in [5, 5.41) is 1.22. The number of fused-ring (bicyclic) bond motifs is 2. The third-order valence-corrected chi connectivity index (χ3v) is 4.20. The average molecular weight is 294 g/mol. The zero-order valence-electron chi connectivity index (χ0n) is 11.2. The number of rotatable bonds is 1. The van der Waals surface area contributed by atoms with Crippen LogP contribution in [0.5, 0.6) is 5.75 Å². The van der Waals surface area contributed by atoms with Gasteiger partial charge in [-0.25, -0.2) is 4.79 Å². The van der Waals surface area contributed by atoms with E-state index in [2.05, 4.69) is 11.8 Å². The maximum Gasteiger partial charge on any atom is 0.389 e. The number of benzene rings is 2. The minimum absolute atomic E-state index is 0.0566. The van der Waals surface area contributed by atoms with Crippen molar-refractivity contribution in [2.24, 2.45) is 0 Å². The van der Waals surface area contributed by atoms with Gasteiger partial charge in [-0.1, -0.05) is 24.1 Å². The molecule has 1 heterocycles. The first-order valence-corrected chi connectivity index (χ1v) is 7.11. The lowest BCUT2D eigenvalue weighted by Crippen LogP contribution is -2.06. The molecule has 0 bridgehead atoms. The van der Waals surface area contributed by atoms with Crippen molar-refractivity contribution in [1.82, 2.24) is 0 Å². The Balaban J connectivity index is 2.29. The van der Waals surface area contributed by atoms with Crippen LogP contribution in [0.15, 0.2) is 47.3 Å². The number of hydrogen-bond donors (Lipinski definition) is 0. The number of esters is 1. The fraction of sp³-hybridized carbons (Fsp3) is 0.0588. The zero-order chi connectivity index (χ0) is 14.8. The van der Waals surface area contributed by atoms with Crippen LogP contribution in [0, 0.1) is 11.8 Å². The second-order valence-corrected chi connectivity index (χ2v) is 5.38. The maximum absolute atomic E-state index is 12.5. The lowest BCUT2D eigenvalue weighted by Gasteiger charge is -2.05. The molecule has 4 heteroatoms. The summed E-state index contributed by atoms with van der Waals surface area (Å²) < 4.78 is 6.75. The van der Waals surface area contributed by atoms with E-state index in [-0.39, 0.29) is 5.43 Å². The van der Waals surface area contributed by atoms with Crippen molar-refractivity contribution in [3.05, 3.63) is 52.7 Å². The molecule has 0 saturated heterocycles. The van der Waals surface area contributed by atoms with E-state index in [4.69, 9.17) is 4.74 Å². The molecule has 0 aliphatic rings. The number of ether oxygens (including phenoxy) is 1. The molecule has 0 aliphatic heterocycles. The van der Waals surface area contributed by atoms with Gasteiger partial charge in [0.05, 0.1) is 4.70 Å². The Morgan fingerprint density at radius 2 is 1.86 bits per heavy atom. The minimum atomic E-state index is -0.627. The molecule has 1 aromatic heterocycles. The first kappa shape index (κ1) is 13.3. The van der Waals surface area contributed by atoms with Gasteiger partial charge in [0.25, 0.3) is 0 Å². The van der Waals surface area contributed by atoms with Gasteiger partial charge in [-0.05, 0) is 31.2 Å². The quantitative estimate of drug-likeness (QED) is 0.227. The molecule has 0 N–H and O–H groups in total. The van der Waals surface area contributed by atoms with Crippen molar-refractivity contribution in [1.29, 1.82) is 0 Å². The summed E-state index contributed by atoms with van der Waals surface area (Å²) in [5.41, 5.74) is -0.0566. The van der Waals surface area contributed by atoms with Crippen LogP contribution in [0.1, 0.15) is 6.92 Å². The van der Waals surface area contributed by atoms with Crippen molar-refractivity contribution in [2.45, 2.75) is 6.92 Å². The molecule has 3 aromatic rings. The van der Waals surface area contributed by atoms with Gasteiger partial charge in [0, 0.05) is 21.4 Å². The summed E-state index contributed by atoms with van der Waals surface area (Å²) in [4.78, 5) is 24.0. The summed E-state index contributed by atoms with van der Waals surface area (Å²) in [7, 11) is 0. The van der Waals surface area contributed by atoms with Crippen molar-refractivity contribution in [3.8, 4) is 17.6 Å². The Labute approximate surface area is 124 Å². The van der Waals surface area contributed by atoms with Crippen LogP contribution < -0.4 is 10.2 Å². The smallest absolute Gasteiger partial charge is 0.389 e. The summed E-state index contributed by atoms with van der Waals surface area (Å²) in [6, 6.07) is 12.5. The summed E-state index contributed by atoms with van der Waals surface area (Å²) in [5.74, 6) is 4.56. The zero-order valence-corrected chi connectivity index (χ0v) is 12.0. The molecule has 3 rings (SSSR count). The van der Waals surface area contributed by atoms with Gasteiger partial charge >= 0.3 is 5.97 Å². The molecule has 3 nitrogen and oxygen atoms in total.